The molecule has 4 N–H and O–H groups in total. The Kier molecular flexibility index (Phi) is 8.23. The summed E-state index contributed by atoms with van der Waals surface area (Å²) >= 11 is 0. The second-order valence-corrected chi connectivity index (χ2v) is 8.60. The minimum Gasteiger partial charge on any atom is -1.00 e. The molecule has 3 aromatic carbocycles. The second-order valence-electron chi connectivity index (χ2n) is 8.60. The maximum atomic E-state index is 5.91. The number of aromatic nitrogens is 3. The van der Waals surface area contributed by atoms with Crippen LogP contribution in [0, 0.1) is 0 Å². The van der Waals surface area contributed by atoms with Gasteiger partial charge in [-0.2, -0.15) is 0 Å². The lowest BCUT2D eigenvalue weighted by molar-refractivity contribution is -0.734. The van der Waals surface area contributed by atoms with E-state index in [9.17, 15) is 0 Å². The lowest BCUT2D eigenvalue weighted by atomic mass is 9.95. The second kappa shape index (κ2) is 10.9. The fraction of sp³-hybridized carbons (Fsp3) is 0.259. The van der Waals surface area contributed by atoms with E-state index < -0.39 is 0 Å². The molecule has 0 saturated carbocycles. The van der Waals surface area contributed by atoms with E-state index in [1.165, 1.54) is 33.5 Å². The molecule has 1 aliphatic heterocycles. The third-order valence-corrected chi connectivity index (χ3v) is 6.59. The van der Waals surface area contributed by atoms with E-state index in [1.54, 1.807) is 0 Å². The van der Waals surface area contributed by atoms with E-state index in [1.807, 2.05) is 0 Å². The van der Waals surface area contributed by atoms with Gasteiger partial charge in [-0.25, -0.2) is 4.57 Å². The predicted octanol–water partition coefficient (Wildman–Crippen LogP) is -0.482. The van der Waals surface area contributed by atoms with Crippen LogP contribution in [0.15, 0.2) is 79.1 Å². The number of benzene rings is 3. The first-order chi connectivity index (χ1) is 15.3. The summed E-state index contributed by atoms with van der Waals surface area (Å²) in [4.78, 5) is 0. The number of halogens is 1. The maximum absolute atomic E-state index is 5.91. The van der Waals surface area contributed by atoms with Gasteiger partial charge in [0.2, 0.25) is 6.33 Å². The molecular formula is C27H30ClN3O3. The molecule has 0 unspecified atom stereocenters. The van der Waals surface area contributed by atoms with Gasteiger partial charge in [0.05, 0.1) is 6.61 Å². The molecule has 0 saturated heterocycles. The molecule has 4 aromatic rings. The van der Waals surface area contributed by atoms with Crippen molar-refractivity contribution in [2.24, 2.45) is 0 Å². The van der Waals surface area contributed by atoms with Crippen molar-refractivity contribution in [3.63, 3.8) is 0 Å². The van der Waals surface area contributed by atoms with Crippen LogP contribution in [0.3, 0.4) is 0 Å². The van der Waals surface area contributed by atoms with Crippen LogP contribution in [0.5, 0.6) is 0 Å². The highest BCUT2D eigenvalue weighted by Crippen LogP contribution is 2.23. The number of hydrogen-bond donors (Lipinski definition) is 0. The van der Waals surface area contributed by atoms with Gasteiger partial charge < -0.3 is 28.1 Å². The Hall–Kier alpha value is -3.03. The molecular weight excluding hydrogens is 450 g/mol. The Morgan fingerprint density at radius 2 is 1.44 bits per heavy atom. The first-order valence-corrected chi connectivity index (χ1v) is 11.2. The van der Waals surface area contributed by atoms with Gasteiger partial charge in [0, 0.05) is 5.10 Å². The van der Waals surface area contributed by atoms with Gasteiger partial charge in [0.1, 0.15) is 18.3 Å². The topological polar surface area (TPSA) is 93.9 Å². The molecule has 34 heavy (non-hydrogen) atoms. The maximum Gasteiger partial charge on any atom is 0.304 e. The Labute approximate surface area is 205 Å². The molecule has 4 aliphatic carbocycles. The van der Waals surface area contributed by atoms with Crippen molar-refractivity contribution >= 4 is 0 Å². The van der Waals surface area contributed by atoms with E-state index in [2.05, 4.69) is 88.4 Å². The molecule has 7 heteroatoms. The molecule has 178 valence electrons. The molecule has 1 aromatic heterocycles. The van der Waals surface area contributed by atoms with Crippen LogP contribution < -0.4 is 17.0 Å². The van der Waals surface area contributed by atoms with E-state index in [0.29, 0.717) is 13.2 Å². The van der Waals surface area contributed by atoms with Gasteiger partial charge in [-0.15, -0.1) is 0 Å². The van der Waals surface area contributed by atoms with Crippen LogP contribution >= 0.6 is 0 Å². The third kappa shape index (κ3) is 4.91. The largest absolute Gasteiger partial charge is 1.00 e. The highest BCUT2D eigenvalue weighted by Gasteiger charge is 2.31. The molecule has 0 radical (unpaired) electrons. The SMILES string of the molecule is O.O.[Cl-].c1ccc([C@@H]2COCc3nn(-c4cc5ccc4CCc4ccc(cc4)CC5)c[n+]32)cc1. The first-order valence-electron chi connectivity index (χ1n) is 11.2. The van der Waals surface area contributed by atoms with Gasteiger partial charge >= 0.3 is 5.82 Å². The molecule has 1 atom stereocenters. The number of aryl methyl sites for hydroxylation is 4. The zero-order chi connectivity index (χ0) is 20.6. The standard InChI is InChI=1S/C27H26N3O.ClH.2H2O/c1-2-4-23(5-3-1)26-17-31-18-27-28-30(19-29(26)27)25-16-22-11-10-20-6-8-21(9-7-20)12-14-24(25)15-13-22;;;/h1-9,13,15-16,19,26H,10-12,14,17-18H2;1H;2*1H2/q+1;;;/p-1/t26-;;;/m0.../s1. The number of fused-ring (bicyclic) bond motifs is 1. The molecule has 5 aliphatic rings. The normalized spacial score (nSPS) is 16.2. The summed E-state index contributed by atoms with van der Waals surface area (Å²) in [6.07, 6.45) is 6.31. The molecule has 0 spiro atoms. The fourth-order valence-electron chi connectivity index (χ4n) is 4.77. The predicted molar refractivity (Wildman–Crippen MR) is 126 cm³/mol. The summed E-state index contributed by atoms with van der Waals surface area (Å²) in [5, 5.41) is 4.96. The Bertz CT molecular complexity index is 1230. The summed E-state index contributed by atoms with van der Waals surface area (Å²) in [5.41, 5.74) is 7.95. The van der Waals surface area contributed by atoms with Gasteiger partial charge in [-0.05, 0) is 59.6 Å². The molecule has 4 bridgehead atoms. The van der Waals surface area contributed by atoms with Crippen molar-refractivity contribution in [3.05, 3.63) is 113 Å². The number of nitrogens with zero attached hydrogens (tertiary/aromatic N) is 3. The first kappa shape index (κ1) is 25.6. The van der Waals surface area contributed by atoms with Crippen molar-refractivity contribution < 1.29 is 32.7 Å². The molecule has 6 nitrogen and oxygen atoms in total. The zero-order valence-electron chi connectivity index (χ0n) is 19.0. The number of hydrogen-bond acceptors (Lipinski definition) is 2. The minimum atomic E-state index is 0. The Morgan fingerprint density at radius 3 is 2.18 bits per heavy atom. The smallest absolute Gasteiger partial charge is 0.304 e. The van der Waals surface area contributed by atoms with E-state index >= 15 is 0 Å². The van der Waals surface area contributed by atoms with Crippen LogP contribution in [0.4, 0.5) is 0 Å². The average molecular weight is 480 g/mol. The van der Waals surface area contributed by atoms with Crippen LogP contribution in [0.25, 0.3) is 5.69 Å². The van der Waals surface area contributed by atoms with Gasteiger partial charge in [-0.1, -0.05) is 71.4 Å². The van der Waals surface area contributed by atoms with Crippen molar-refractivity contribution in [1.29, 1.82) is 0 Å². The molecule has 9 rings (SSSR count). The molecule has 0 amide bonds. The van der Waals surface area contributed by atoms with Crippen LogP contribution in [0.1, 0.15) is 39.7 Å². The van der Waals surface area contributed by atoms with E-state index in [-0.39, 0.29) is 29.4 Å². The van der Waals surface area contributed by atoms with Crippen molar-refractivity contribution in [3.8, 4) is 5.69 Å². The quantitative estimate of drug-likeness (QED) is 0.363. The van der Waals surface area contributed by atoms with Crippen LogP contribution in [-0.2, 0) is 37.0 Å². The number of ether oxygens (including phenoxy) is 1. The van der Waals surface area contributed by atoms with Crippen LogP contribution in [-0.4, -0.2) is 27.3 Å². The van der Waals surface area contributed by atoms with E-state index in [0.717, 1.165) is 31.5 Å². The monoisotopic (exact) mass is 479 g/mol. The average Bonchev–Trinajstić information content (AvgIpc) is 3.26. The summed E-state index contributed by atoms with van der Waals surface area (Å²) < 4.78 is 10.3. The summed E-state index contributed by atoms with van der Waals surface area (Å²) in [6.45, 7) is 1.23. The number of rotatable bonds is 2. The van der Waals surface area contributed by atoms with Crippen molar-refractivity contribution in [1.82, 2.24) is 9.78 Å². The zero-order valence-corrected chi connectivity index (χ0v) is 19.7. The Balaban J connectivity index is 0.00000108. The lowest BCUT2D eigenvalue weighted by Gasteiger charge is -2.20. The van der Waals surface area contributed by atoms with E-state index in [4.69, 9.17) is 9.84 Å². The van der Waals surface area contributed by atoms with Gasteiger partial charge in [0.15, 0.2) is 0 Å². The minimum absolute atomic E-state index is 0. The summed E-state index contributed by atoms with van der Waals surface area (Å²) in [6, 6.07) is 26.8. The molecule has 2 heterocycles. The highest BCUT2D eigenvalue weighted by atomic mass is 35.5. The Morgan fingerprint density at radius 1 is 0.794 bits per heavy atom. The van der Waals surface area contributed by atoms with Crippen molar-refractivity contribution in [2.75, 3.05) is 6.61 Å². The van der Waals surface area contributed by atoms with Crippen molar-refractivity contribution in [2.45, 2.75) is 38.3 Å². The fourth-order valence-corrected chi connectivity index (χ4v) is 4.77. The highest BCUT2D eigenvalue weighted by molar-refractivity contribution is 5.44. The molecule has 0 fully saturated rings. The van der Waals surface area contributed by atoms with Gasteiger partial charge in [-0.3, -0.25) is 0 Å². The lowest BCUT2D eigenvalue weighted by Crippen LogP contribution is -3.00. The van der Waals surface area contributed by atoms with Gasteiger partial charge in [0.25, 0.3) is 0 Å². The van der Waals surface area contributed by atoms with Crippen LogP contribution in [0.2, 0.25) is 0 Å². The summed E-state index contributed by atoms with van der Waals surface area (Å²) in [5.74, 6) is 0.979. The third-order valence-electron chi connectivity index (χ3n) is 6.59. The summed E-state index contributed by atoms with van der Waals surface area (Å²) in [7, 11) is 0.